The Hall–Kier alpha value is -1.60. The SMILES string of the molecule is CCN(CC(=O)NC1CCS(=O)(=O)C1)Cc1cccc(N)c1. The highest BCUT2D eigenvalue weighted by Crippen LogP contribution is 2.12. The molecular formula is C15H23N3O3S. The second kappa shape index (κ2) is 7.11. The molecule has 1 amide bonds. The minimum Gasteiger partial charge on any atom is -0.399 e. The molecule has 0 spiro atoms. The maximum absolute atomic E-state index is 12.1. The van der Waals surface area contributed by atoms with Gasteiger partial charge >= 0.3 is 0 Å². The second-order valence-electron chi connectivity index (χ2n) is 5.72. The molecule has 1 saturated heterocycles. The topological polar surface area (TPSA) is 92.5 Å². The molecule has 0 saturated carbocycles. The fourth-order valence-corrected chi connectivity index (χ4v) is 4.29. The number of rotatable bonds is 6. The first-order chi connectivity index (χ1) is 10.4. The molecule has 0 aromatic heterocycles. The van der Waals surface area contributed by atoms with Crippen LogP contribution in [0.15, 0.2) is 24.3 Å². The van der Waals surface area contributed by atoms with E-state index in [1.807, 2.05) is 36.1 Å². The molecule has 7 heteroatoms. The Bertz CT molecular complexity index is 631. The lowest BCUT2D eigenvalue weighted by Gasteiger charge is -2.21. The lowest BCUT2D eigenvalue weighted by Crippen LogP contribution is -2.42. The van der Waals surface area contributed by atoms with Crippen LogP contribution in [0.2, 0.25) is 0 Å². The van der Waals surface area contributed by atoms with Crippen LogP contribution in [0, 0.1) is 0 Å². The van der Waals surface area contributed by atoms with Crippen molar-refractivity contribution in [3.05, 3.63) is 29.8 Å². The summed E-state index contributed by atoms with van der Waals surface area (Å²) < 4.78 is 22.8. The molecule has 1 heterocycles. The van der Waals surface area contributed by atoms with Gasteiger partial charge in [0.05, 0.1) is 18.1 Å². The summed E-state index contributed by atoms with van der Waals surface area (Å²) in [6.45, 7) is 3.60. The number of nitrogen functional groups attached to an aromatic ring is 1. The van der Waals surface area contributed by atoms with E-state index < -0.39 is 9.84 Å². The van der Waals surface area contributed by atoms with Gasteiger partial charge in [0.25, 0.3) is 0 Å². The molecule has 1 aliphatic rings. The van der Waals surface area contributed by atoms with Crippen molar-refractivity contribution in [1.82, 2.24) is 10.2 Å². The third-order valence-corrected chi connectivity index (χ3v) is 5.54. The van der Waals surface area contributed by atoms with Crippen LogP contribution in [0.25, 0.3) is 0 Å². The first-order valence-electron chi connectivity index (χ1n) is 7.44. The van der Waals surface area contributed by atoms with Crippen molar-refractivity contribution in [2.24, 2.45) is 0 Å². The van der Waals surface area contributed by atoms with Gasteiger partial charge in [-0.3, -0.25) is 9.69 Å². The van der Waals surface area contributed by atoms with E-state index in [1.54, 1.807) is 0 Å². The summed E-state index contributed by atoms with van der Waals surface area (Å²) in [6.07, 6.45) is 0.509. The van der Waals surface area contributed by atoms with Crippen LogP contribution >= 0.6 is 0 Å². The van der Waals surface area contributed by atoms with Gasteiger partial charge in [-0.2, -0.15) is 0 Å². The van der Waals surface area contributed by atoms with Gasteiger partial charge in [-0.1, -0.05) is 19.1 Å². The molecule has 1 fully saturated rings. The summed E-state index contributed by atoms with van der Waals surface area (Å²) in [5.41, 5.74) is 7.51. The minimum atomic E-state index is -2.97. The van der Waals surface area contributed by atoms with Crippen molar-refractivity contribution >= 4 is 21.4 Å². The molecule has 1 aliphatic heterocycles. The first-order valence-corrected chi connectivity index (χ1v) is 9.26. The largest absolute Gasteiger partial charge is 0.399 e. The fourth-order valence-electron chi connectivity index (χ4n) is 2.61. The van der Waals surface area contributed by atoms with E-state index in [1.165, 1.54) is 0 Å². The smallest absolute Gasteiger partial charge is 0.234 e. The van der Waals surface area contributed by atoms with Crippen LogP contribution in [-0.2, 0) is 21.2 Å². The van der Waals surface area contributed by atoms with E-state index in [4.69, 9.17) is 5.73 Å². The Morgan fingerprint density at radius 2 is 2.23 bits per heavy atom. The zero-order chi connectivity index (χ0) is 16.2. The number of carbonyl (C=O) groups is 1. The van der Waals surface area contributed by atoms with Gasteiger partial charge in [0.15, 0.2) is 9.84 Å². The van der Waals surface area contributed by atoms with Crippen LogP contribution in [0.5, 0.6) is 0 Å². The summed E-state index contributed by atoms with van der Waals surface area (Å²) >= 11 is 0. The van der Waals surface area contributed by atoms with Crippen LogP contribution in [0.3, 0.4) is 0 Å². The number of nitrogens with two attached hydrogens (primary N) is 1. The number of hydrogen-bond donors (Lipinski definition) is 2. The number of sulfone groups is 1. The molecule has 122 valence electrons. The Balaban J connectivity index is 1.86. The number of anilines is 1. The molecule has 0 aliphatic carbocycles. The van der Waals surface area contributed by atoms with Gasteiger partial charge in [0.1, 0.15) is 0 Å². The Labute approximate surface area is 131 Å². The predicted octanol–water partition coefficient (Wildman–Crippen LogP) is 0.394. The van der Waals surface area contributed by atoms with Crippen molar-refractivity contribution in [2.75, 3.05) is 30.3 Å². The zero-order valence-corrected chi connectivity index (χ0v) is 13.6. The van der Waals surface area contributed by atoms with Crippen molar-refractivity contribution in [1.29, 1.82) is 0 Å². The van der Waals surface area contributed by atoms with Crippen molar-refractivity contribution in [2.45, 2.75) is 25.9 Å². The number of amides is 1. The Kier molecular flexibility index (Phi) is 5.42. The third kappa shape index (κ3) is 4.99. The average molecular weight is 325 g/mol. The normalized spacial score (nSPS) is 20.2. The van der Waals surface area contributed by atoms with Crippen LogP contribution < -0.4 is 11.1 Å². The van der Waals surface area contributed by atoms with Gasteiger partial charge in [-0.25, -0.2) is 8.42 Å². The van der Waals surface area contributed by atoms with E-state index in [0.717, 1.165) is 12.1 Å². The molecule has 0 bridgehead atoms. The molecular weight excluding hydrogens is 302 g/mol. The molecule has 1 unspecified atom stereocenters. The highest BCUT2D eigenvalue weighted by atomic mass is 32.2. The molecule has 3 N–H and O–H groups in total. The monoisotopic (exact) mass is 325 g/mol. The van der Waals surface area contributed by atoms with E-state index in [-0.39, 0.29) is 30.0 Å². The van der Waals surface area contributed by atoms with Gasteiger partial charge in [0.2, 0.25) is 5.91 Å². The molecule has 6 nitrogen and oxygen atoms in total. The maximum Gasteiger partial charge on any atom is 0.234 e. The third-order valence-electron chi connectivity index (χ3n) is 3.77. The molecule has 2 rings (SSSR count). The standard InChI is InChI=1S/C15H23N3O3S/c1-2-18(9-12-4-3-5-13(16)8-12)10-15(19)17-14-6-7-22(20,21)11-14/h3-5,8,14H,2,6-7,9-11,16H2,1H3,(H,17,19). The van der Waals surface area contributed by atoms with E-state index in [9.17, 15) is 13.2 Å². The molecule has 0 radical (unpaired) electrons. The van der Waals surface area contributed by atoms with Crippen molar-refractivity contribution in [3.8, 4) is 0 Å². The second-order valence-corrected chi connectivity index (χ2v) is 7.94. The highest BCUT2D eigenvalue weighted by molar-refractivity contribution is 7.91. The molecule has 22 heavy (non-hydrogen) atoms. The summed E-state index contributed by atoms with van der Waals surface area (Å²) in [4.78, 5) is 14.1. The number of nitrogens with zero attached hydrogens (tertiary/aromatic N) is 1. The highest BCUT2D eigenvalue weighted by Gasteiger charge is 2.29. The predicted molar refractivity (Wildman–Crippen MR) is 87.0 cm³/mol. The summed E-state index contributed by atoms with van der Waals surface area (Å²) in [5, 5.41) is 2.81. The summed E-state index contributed by atoms with van der Waals surface area (Å²) in [6, 6.07) is 7.34. The quantitative estimate of drug-likeness (QED) is 0.738. The van der Waals surface area contributed by atoms with Crippen molar-refractivity contribution < 1.29 is 13.2 Å². The van der Waals surface area contributed by atoms with E-state index >= 15 is 0 Å². The van der Waals surface area contributed by atoms with E-state index in [2.05, 4.69) is 5.32 Å². The number of likely N-dealkylation sites (N-methyl/N-ethyl adjacent to an activating group) is 1. The van der Waals surface area contributed by atoms with Gasteiger partial charge in [-0.05, 0) is 30.7 Å². The lowest BCUT2D eigenvalue weighted by atomic mass is 10.2. The summed E-state index contributed by atoms with van der Waals surface area (Å²) in [5.74, 6) is 0.0894. The first kappa shape index (κ1) is 16.8. The zero-order valence-electron chi connectivity index (χ0n) is 12.8. The van der Waals surface area contributed by atoms with Gasteiger partial charge in [-0.15, -0.1) is 0 Å². The van der Waals surface area contributed by atoms with Crippen LogP contribution in [-0.4, -0.2) is 49.9 Å². The van der Waals surface area contributed by atoms with Gasteiger partial charge < -0.3 is 11.1 Å². The molecule has 1 aromatic rings. The summed E-state index contributed by atoms with van der Waals surface area (Å²) in [7, 11) is -2.97. The average Bonchev–Trinajstić information content (AvgIpc) is 2.77. The number of carbonyl (C=O) groups excluding carboxylic acids is 1. The van der Waals surface area contributed by atoms with Crippen LogP contribution in [0.1, 0.15) is 18.9 Å². The van der Waals surface area contributed by atoms with Gasteiger partial charge in [0, 0.05) is 18.3 Å². The maximum atomic E-state index is 12.1. The lowest BCUT2D eigenvalue weighted by molar-refractivity contribution is -0.122. The Morgan fingerprint density at radius 1 is 1.45 bits per heavy atom. The number of nitrogens with one attached hydrogen (secondary N) is 1. The molecule has 1 atom stereocenters. The number of hydrogen-bond acceptors (Lipinski definition) is 5. The van der Waals surface area contributed by atoms with Crippen molar-refractivity contribution in [3.63, 3.8) is 0 Å². The fraction of sp³-hybridized carbons (Fsp3) is 0.533. The minimum absolute atomic E-state index is 0.0556. The van der Waals surface area contributed by atoms with E-state index in [0.29, 0.717) is 18.7 Å². The van der Waals surface area contributed by atoms with Crippen LogP contribution in [0.4, 0.5) is 5.69 Å². The molecule has 1 aromatic carbocycles. The number of benzene rings is 1. The Morgan fingerprint density at radius 3 is 2.82 bits per heavy atom.